The van der Waals surface area contributed by atoms with E-state index in [1.165, 1.54) is 0 Å². The zero-order valence-corrected chi connectivity index (χ0v) is 118. The summed E-state index contributed by atoms with van der Waals surface area (Å²) in [6.07, 6.45) is 0. The molecule has 0 aliphatic carbocycles. The van der Waals surface area contributed by atoms with Crippen molar-refractivity contribution < 1.29 is 119 Å². The average molecular weight is 2220 g/mol. The molecule has 0 N–H and O–H groups in total. The molecule has 0 radical (unpaired) electrons. The van der Waals surface area contributed by atoms with E-state index in [0.29, 0.717) is 0 Å². The van der Waals surface area contributed by atoms with E-state index in [9.17, 15) is 0 Å². The van der Waals surface area contributed by atoms with Crippen LogP contribution in [-0.4, -0.2) is 257 Å². The highest BCUT2D eigenvalue weighted by Crippen LogP contribution is 2.38. The van der Waals surface area contributed by atoms with Gasteiger partial charge < -0.3 is 119 Å². The molecule has 0 aromatic heterocycles. The van der Waals surface area contributed by atoms with Crippen molar-refractivity contribution in [1.29, 1.82) is 0 Å². The van der Waals surface area contributed by atoms with Crippen LogP contribution in [0.5, 0.6) is 0 Å². The maximum Gasteiger partial charge on any atom is 0.314 e. The van der Waals surface area contributed by atoms with Crippen molar-refractivity contribution in [3.05, 3.63) is 0 Å². The Kier molecular flexibility index (Phi) is 44.2. The minimum atomic E-state index is -2.93. The van der Waals surface area contributed by atoms with Crippen LogP contribution in [0.3, 0.4) is 0 Å². The molecule has 0 bridgehead atoms. The molecular formula is C61H184O29Si30. The Morgan fingerprint density at radius 2 is 0.167 bits per heavy atom. The molecule has 0 spiro atoms. The molecule has 0 aliphatic heterocycles. The fourth-order valence-electron chi connectivity index (χ4n) is 17.6. The standard InChI is InChI=1S/C61H184O29Si30/c1-91(62-92(2,3)4)63-94(8,9)65-96(12,13)67-98(16,17)69-100(20,21)71-102(24,25)73-104(28,29)75-106(32,33)77-108(36,37)79-110(40,41)81-112(44,45)83-114(48,49)85-116(52,53)87-118(56,57)89-120(60,61)90-119(58,59)88-117(54,55)86-115(50,51)84-113(46,47)82-111(42,43)80-109(38,39)78-107(34,35)76-105(30,31)74-103(26,27)72-101(22,23)70-99(18,19)68-97(14,15)66-95(10,11)64-93(5,6)7/h91H,1-61H3. The molecule has 29 nitrogen and oxygen atoms in total. The molecule has 0 saturated heterocycles. The molecule has 0 fully saturated rings. The molecule has 0 rings (SSSR count). The Hall–Kier alpha value is 5.35. The van der Waals surface area contributed by atoms with Gasteiger partial charge in [0.05, 0.1) is 0 Å². The summed E-state index contributed by atoms with van der Waals surface area (Å²) in [6.45, 7) is 126. The van der Waals surface area contributed by atoms with Crippen LogP contribution in [0.25, 0.3) is 0 Å². The predicted octanol–water partition coefficient (Wildman–Crippen LogP) is 21.9. The number of hydrogen-bond acceptors (Lipinski definition) is 29. The van der Waals surface area contributed by atoms with Crippen molar-refractivity contribution in [2.24, 2.45) is 0 Å². The van der Waals surface area contributed by atoms with Gasteiger partial charge in [-0.2, -0.15) is 0 Å². The summed E-state index contributed by atoms with van der Waals surface area (Å²) in [5.41, 5.74) is 0. The molecule has 59 heteroatoms. The summed E-state index contributed by atoms with van der Waals surface area (Å²) in [7, 11) is -82.1. The van der Waals surface area contributed by atoms with E-state index in [4.69, 9.17) is 119 Å². The van der Waals surface area contributed by atoms with Crippen molar-refractivity contribution in [2.45, 2.75) is 399 Å². The van der Waals surface area contributed by atoms with Crippen LogP contribution in [-0.2, 0) is 119 Å². The van der Waals surface area contributed by atoms with Gasteiger partial charge in [0.2, 0.25) is 0 Å². The lowest BCUT2D eigenvalue weighted by Crippen LogP contribution is -2.63. The molecule has 120 heavy (non-hydrogen) atoms. The zero-order valence-electron chi connectivity index (χ0n) is 87.9. The first-order chi connectivity index (χ1) is 51.2. The molecular weight excluding hydrogens is 2040 g/mol. The van der Waals surface area contributed by atoms with Gasteiger partial charge in [-0.1, -0.05) is 0 Å². The highest BCUT2D eigenvalue weighted by atomic mass is 28.6. The minimum Gasteiger partial charge on any atom is -0.439 e. The van der Waals surface area contributed by atoms with E-state index in [-0.39, 0.29) is 0 Å². The molecule has 0 aromatic rings. The second-order valence-corrected chi connectivity index (χ2v) is 155. The summed E-state index contributed by atoms with van der Waals surface area (Å²) >= 11 is 0. The maximum atomic E-state index is 7.03. The van der Waals surface area contributed by atoms with E-state index in [0.717, 1.165) is 0 Å². The molecule has 1 atom stereocenters. The lowest BCUT2D eigenvalue weighted by molar-refractivity contribution is 0.243. The number of rotatable bonds is 58. The Morgan fingerprint density at radius 3 is 0.242 bits per heavy atom. The van der Waals surface area contributed by atoms with Gasteiger partial charge in [0, 0.05) is 0 Å². The van der Waals surface area contributed by atoms with Crippen LogP contribution in [0.15, 0.2) is 0 Å². The highest BCUT2D eigenvalue weighted by Gasteiger charge is 2.58. The SMILES string of the molecule is C[SiH](O[Si](C)(C)C)O[Si](C)(C)O[Si](C)(C)O[Si](C)(C)O[Si](C)(C)O[Si](C)(C)O[Si](C)(C)O[Si](C)(C)O[Si](C)(C)O[Si](C)(C)O[Si](C)(C)O[Si](C)(C)O[Si](C)(C)O[Si](C)(C)O[Si](C)(C)O[Si](C)(C)O[Si](C)(C)O[Si](C)(C)O[Si](C)(C)O[Si](C)(C)O[Si](C)(C)O[Si](C)(C)O[Si](C)(C)O[Si](C)(C)O[Si](C)(C)O[Si](C)(C)O[Si](C)(C)O[Si](C)(C)O[Si](C)(C)C. The molecule has 0 saturated carbocycles. The monoisotopic (exact) mass is 2220 g/mol. The minimum absolute atomic E-state index is 1.74. The topological polar surface area (TPSA) is 268 Å². The third-order valence-corrected chi connectivity index (χ3v) is 129. The summed E-state index contributed by atoms with van der Waals surface area (Å²) in [4.78, 5) is 0. The third-order valence-electron chi connectivity index (χ3n) is 14.3. The van der Waals surface area contributed by atoms with E-state index in [1.54, 1.807) is 0 Å². The highest BCUT2D eigenvalue weighted by molar-refractivity contribution is 6.99. The summed E-state index contributed by atoms with van der Waals surface area (Å²) in [5, 5.41) is 0. The van der Waals surface area contributed by atoms with E-state index >= 15 is 0 Å². The second-order valence-electron chi connectivity index (χ2n) is 45.6. The van der Waals surface area contributed by atoms with Gasteiger partial charge in [0.25, 0.3) is 9.28 Å². The molecule has 1 unspecified atom stereocenters. The fourth-order valence-corrected chi connectivity index (χ4v) is 169. The molecule has 722 valence electrons. The molecule has 0 aromatic carbocycles. The van der Waals surface area contributed by atoms with Gasteiger partial charge in [-0.3, -0.25) is 0 Å². The number of hydrogen-bond donors (Lipinski definition) is 0. The Bertz CT molecular complexity index is 3150. The smallest absolute Gasteiger partial charge is 0.314 e. The second kappa shape index (κ2) is 42.4. The van der Waals surface area contributed by atoms with Gasteiger partial charge in [0.15, 0.2) is 16.6 Å². The fraction of sp³-hybridized carbons (Fsp3) is 1.00. The van der Waals surface area contributed by atoms with Gasteiger partial charge in [0.1, 0.15) is 0 Å². The van der Waals surface area contributed by atoms with Crippen LogP contribution in [0.4, 0.5) is 0 Å². The van der Waals surface area contributed by atoms with Gasteiger partial charge in [-0.25, -0.2) is 0 Å². The van der Waals surface area contributed by atoms with Crippen molar-refractivity contribution in [1.82, 2.24) is 0 Å². The Labute approximate surface area is 768 Å². The quantitative estimate of drug-likeness (QED) is 0.0512. The van der Waals surface area contributed by atoms with Crippen LogP contribution in [0.2, 0.25) is 399 Å². The van der Waals surface area contributed by atoms with Crippen molar-refractivity contribution in [2.75, 3.05) is 0 Å². The van der Waals surface area contributed by atoms with Gasteiger partial charge in [-0.15, -0.1) is 0 Å². The van der Waals surface area contributed by atoms with Crippen molar-refractivity contribution >= 4 is 257 Å². The van der Waals surface area contributed by atoms with Crippen LogP contribution >= 0.6 is 0 Å². The Morgan fingerprint density at radius 1 is 0.0917 bits per heavy atom. The summed E-state index contributed by atoms with van der Waals surface area (Å²) in [5.74, 6) is 0. The maximum absolute atomic E-state index is 7.03. The summed E-state index contributed by atoms with van der Waals surface area (Å²) < 4.78 is 200. The average Bonchev–Trinajstić information content (AvgIpc) is 0.794. The van der Waals surface area contributed by atoms with Crippen LogP contribution < -0.4 is 0 Å². The summed E-state index contributed by atoms with van der Waals surface area (Å²) in [6, 6.07) is 0. The van der Waals surface area contributed by atoms with E-state index in [1.807, 2.05) is 0 Å². The van der Waals surface area contributed by atoms with E-state index in [2.05, 4.69) is 399 Å². The van der Waals surface area contributed by atoms with Crippen molar-refractivity contribution in [3.8, 4) is 0 Å². The normalized spacial score (nSPS) is 16.5. The van der Waals surface area contributed by atoms with Gasteiger partial charge in [-0.05, 0) is 399 Å². The first-order valence-corrected chi connectivity index (χ1v) is 127. The van der Waals surface area contributed by atoms with Gasteiger partial charge >= 0.3 is 231 Å². The van der Waals surface area contributed by atoms with Crippen LogP contribution in [0, 0.1) is 0 Å². The lowest BCUT2D eigenvalue weighted by atomic mass is 11.8. The molecule has 0 heterocycles. The zero-order chi connectivity index (χ0) is 96.6. The van der Waals surface area contributed by atoms with E-state index < -0.39 is 257 Å². The molecule has 0 amide bonds. The largest absolute Gasteiger partial charge is 0.439 e. The molecule has 0 aliphatic rings. The first kappa shape index (κ1) is 125. The lowest BCUT2D eigenvalue weighted by Gasteiger charge is -2.45. The first-order valence-electron chi connectivity index (χ1n) is 42.5. The van der Waals surface area contributed by atoms with Crippen molar-refractivity contribution in [3.63, 3.8) is 0 Å². The Balaban J connectivity index is 5.95. The van der Waals surface area contributed by atoms with Crippen LogP contribution in [0.1, 0.15) is 0 Å². The predicted molar refractivity (Wildman–Crippen MR) is 563 cm³/mol. The third kappa shape index (κ3) is 58.7.